The fourth-order valence-electron chi connectivity index (χ4n) is 4.25. The smallest absolute Gasteiger partial charge is 0.265 e. The van der Waals surface area contributed by atoms with Crippen molar-refractivity contribution in [3.8, 4) is 5.75 Å². The lowest BCUT2D eigenvalue weighted by Gasteiger charge is -2.38. The number of hydrogen-bond acceptors (Lipinski definition) is 7. The summed E-state index contributed by atoms with van der Waals surface area (Å²) >= 11 is 1.47. The molecule has 2 aliphatic heterocycles. The van der Waals surface area contributed by atoms with E-state index in [4.69, 9.17) is 14.5 Å². The molecule has 8 nitrogen and oxygen atoms in total. The quantitative estimate of drug-likeness (QED) is 0.569. The number of thiazole rings is 1. The number of nitrogens with zero attached hydrogens (tertiary/aromatic N) is 3. The van der Waals surface area contributed by atoms with Gasteiger partial charge in [-0.25, -0.2) is 4.98 Å². The minimum atomic E-state index is -0.582. The van der Waals surface area contributed by atoms with Crippen molar-refractivity contribution in [3.05, 3.63) is 70.2 Å². The van der Waals surface area contributed by atoms with Crippen LogP contribution in [-0.4, -0.2) is 60.7 Å². The summed E-state index contributed by atoms with van der Waals surface area (Å²) in [5.41, 5.74) is 3.72. The van der Waals surface area contributed by atoms with Crippen LogP contribution >= 0.6 is 11.3 Å². The summed E-state index contributed by atoms with van der Waals surface area (Å²) < 4.78 is 11.5. The third-order valence-corrected chi connectivity index (χ3v) is 6.96. The second-order valence-corrected chi connectivity index (χ2v) is 9.66. The molecule has 0 spiro atoms. The lowest BCUT2D eigenvalue weighted by atomic mass is 10.1. The molecule has 2 amide bonds. The molecule has 2 aromatic carbocycles. The molecule has 1 fully saturated rings. The zero-order valence-electron chi connectivity index (χ0n) is 19.6. The molecule has 0 aliphatic carbocycles. The zero-order valence-corrected chi connectivity index (χ0v) is 20.4. The first kappa shape index (κ1) is 23.3. The van der Waals surface area contributed by atoms with Gasteiger partial charge in [0, 0.05) is 24.2 Å². The second kappa shape index (κ2) is 10.5. The molecule has 35 heavy (non-hydrogen) atoms. The number of carbonyl (C=O) groups excluding carboxylic acids is 2. The molecule has 3 heterocycles. The number of benzene rings is 2. The highest BCUT2D eigenvalue weighted by molar-refractivity contribution is 7.09. The summed E-state index contributed by atoms with van der Waals surface area (Å²) in [7, 11) is 0. The Hall–Kier alpha value is -3.43. The summed E-state index contributed by atoms with van der Waals surface area (Å²) in [5.74, 6) is 0.584. The molecule has 5 rings (SSSR count). The first-order chi connectivity index (χ1) is 17.0. The van der Waals surface area contributed by atoms with E-state index in [1.54, 1.807) is 0 Å². The number of fused-ring (bicyclic) bond motifs is 1. The summed E-state index contributed by atoms with van der Waals surface area (Å²) in [6, 6.07) is 15.5. The van der Waals surface area contributed by atoms with Gasteiger partial charge in [0.1, 0.15) is 10.8 Å². The number of anilines is 2. The molecule has 1 aromatic heterocycles. The third kappa shape index (κ3) is 5.63. The van der Waals surface area contributed by atoms with E-state index in [2.05, 4.69) is 10.2 Å². The Morgan fingerprint density at radius 2 is 1.89 bits per heavy atom. The van der Waals surface area contributed by atoms with Crippen molar-refractivity contribution in [3.63, 3.8) is 0 Å². The van der Waals surface area contributed by atoms with Crippen LogP contribution < -0.4 is 15.0 Å². The first-order valence-corrected chi connectivity index (χ1v) is 12.6. The summed E-state index contributed by atoms with van der Waals surface area (Å²) in [6.45, 7) is 5.25. The molecule has 9 heteroatoms. The molecular weight excluding hydrogens is 464 g/mol. The molecular formula is C26H28N4O4S. The minimum Gasteiger partial charge on any atom is -0.477 e. The number of para-hydroxylation sites is 2. The highest BCUT2D eigenvalue weighted by atomic mass is 32.1. The largest absolute Gasteiger partial charge is 0.477 e. The van der Waals surface area contributed by atoms with Crippen LogP contribution in [0.1, 0.15) is 16.3 Å². The number of aromatic nitrogens is 1. The Labute approximate surface area is 208 Å². The lowest BCUT2D eigenvalue weighted by Crippen LogP contribution is -2.52. The SMILES string of the molecule is Cc1ccc(NC(=O)Cc2nc(CN3C[C@@H](C(=O)N4CCOCC4)Oc4ccccc43)cs2)cc1. The standard InChI is InChI=1S/C26H28N4O4S/c1-18-6-8-19(9-7-18)27-24(31)14-25-28-20(17-35-25)15-30-16-23(26(32)29-10-12-33-13-11-29)34-22-5-3-2-4-21(22)30/h2-9,17,23H,10-16H2,1H3,(H,27,31)/t23-/m0/s1. The van der Waals surface area contributed by atoms with E-state index in [-0.39, 0.29) is 18.2 Å². The Balaban J connectivity index is 1.25. The van der Waals surface area contributed by atoms with Gasteiger partial charge in [0.05, 0.1) is 44.1 Å². The molecule has 2 aliphatic rings. The maximum Gasteiger partial charge on any atom is 0.265 e. The predicted octanol–water partition coefficient (Wildman–Crippen LogP) is 3.26. The molecule has 1 atom stereocenters. The van der Waals surface area contributed by atoms with E-state index in [9.17, 15) is 9.59 Å². The van der Waals surface area contributed by atoms with Crippen molar-refractivity contribution in [1.82, 2.24) is 9.88 Å². The monoisotopic (exact) mass is 492 g/mol. The molecule has 0 bridgehead atoms. The van der Waals surface area contributed by atoms with Crippen LogP contribution in [0.3, 0.4) is 0 Å². The van der Waals surface area contributed by atoms with Gasteiger partial charge in [0.15, 0.2) is 6.10 Å². The van der Waals surface area contributed by atoms with Crippen LogP contribution in [0.4, 0.5) is 11.4 Å². The second-order valence-electron chi connectivity index (χ2n) is 8.72. The summed E-state index contributed by atoms with van der Waals surface area (Å²) in [4.78, 5) is 34.2. The number of ether oxygens (including phenoxy) is 2. The van der Waals surface area contributed by atoms with Gasteiger partial charge in [0.2, 0.25) is 5.91 Å². The first-order valence-electron chi connectivity index (χ1n) is 11.7. The molecule has 1 saturated heterocycles. The van der Waals surface area contributed by atoms with Crippen molar-refractivity contribution in [2.75, 3.05) is 43.1 Å². The maximum atomic E-state index is 13.1. The van der Waals surface area contributed by atoms with Gasteiger partial charge in [-0.15, -0.1) is 11.3 Å². The summed E-state index contributed by atoms with van der Waals surface area (Å²) in [5, 5.41) is 5.65. The number of nitrogens with one attached hydrogen (secondary N) is 1. The molecule has 0 radical (unpaired) electrons. The highest BCUT2D eigenvalue weighted by Gasteiger charge is 2.34. The number of aryl methyl sites for hydroxylation is 1. The van der Waals surface area contributed by atoms with E-state index in [0.717, 1.165) is 27.6 Å². The van der Waals surface area contributed by atoms with Crippen molar-refractivity contribution in [1.29, 1.82) is 0 Å². The number of amides is 2. The molecule has 3 aromatic rings. The van der Waals surface area contributed by atoms with Gasteiger partial charge in [-0.2, -0.15) is 0 Å². The van der Waals surface area contributed by atoms with Gasteiger partial charge in [-0.3, -0.25) is 9.59 Å². The fourth-order valence-corrected chi connectivity index (χ4v) is 5.03. The Morgan fingerprint density at radius 3 is 2.69 bits per heavy atom. The van der Waals surface area contributed by atoms with Crippen molar-refractivity contribution in [2.45, 2.75) is 26.0 Å². The van der Waals surface area contributed by atoms with E-state index < -0.39 is 6.10 Å². The number of hydrogen-bond donors (Lipinski definition) is 1. The molecule has 0 unspecified atom stereocenters. The van der Waals surface area contributed by atoms with Crippen LogP contribution in [0.5, 0.6) is 5.75 Å². The number of carbonyl (C=O) groups is 2. The Bertz CT molecular complexity index is 1190. The predicted molar refractivity (Wildman–Crippen MR) is 135 cm³/mol. The fraction of sp³-hybridized carbons (Fsp3) is 0.346. The van der Waals surface area contributed by atoms with E-state index in [0.29, 0.717) is 45.1 Å². The van der Waals surface area contributed by atoms with Crippen LogP contribution in [0, 0.1) is 6.92 Å². The topological polar surface area (TPSA) is 84.0 Å². The molecule has 1 N–H and O–H groups in total. The normalized spacial score (nSPS) is 17.5. The minimum absolute atomic E-state index is 0.0143. The van der Waals surface area contributed by atoms with Crippen molar-refractivity contribution >= 4 is 34.5 Å². The molecule has 182 valence electrons. The van der Waals surface area contributed by atoms with Crippen LogP contribution in [0.15, 0.2) is 53.9 Å². The highest BCUT2D eigenvalue weighted by Crippen LogP contribution is 2.34. The van der Waals surface area contributed by atoms with Gasteiger partial charge < -0.3 is 24.6 Å². The molecule has 0 saturated carbocycles. The van der Waals surface area contributed by atoms with Gasteiger partial charge >= 0.3 is 0 Å². The van der Waals surface area contributed by atoms with E-state index >= 15 is 0 Å². The Morgan fingerprint density at radius 1 is 1.11 bits per heavy atom. The van der Waals surface area contributed by atoms with Gasteiger partial charge in [0.25, 0.3) is 5.91 Å². The summed E-state index contributed by atoms with van der Waals surface area (Å²) in [6.07, 6.45) is -0.363. The maximum absolute atomic E-state index is 13.1. The third-order valence-electron chi connectivity index (χ3n) is 6.06. The number of morpholine rings is 1. The van der Waals surface area contributed by atoms with Crippen LogP contribution in [0.2, 0.25) is 0 Å². The number of rotatable bonds is 6. The lowest BCUT2D eigenvalue weighted by molar-refractivity contribution is -0.142. The van der Waals surface area contributed by atoms with Gasteiger partial charge in [-0.1, -0.05) is 29.8 Å². The van der Waals surface area contributed by atoms with Crippen molar-refractivity contribution in [2.24, 2.45) is 0 Å². The average Bonchev–Trinajstić information content (AvgIpc) is 3.31. The zero-order chi connectivity index (χ0) is 24.2. The van der Waals surface area contributed by atoms with Crippen LogP contribution in [0.25, 0.3) is 0 Å². The van der Waals surface area contributed by atoms with Crippen molar-refractivity contribution < 1.29 is 19.1 Å². The van der Waals surface area contributed by atoms with E-state index in [1.807, 2.05) is 65.7 Å². The average molecular weight is 493 g/mol. The van der Waals surface area contributed by atoms with Gasteiger partial charge in [-0.05, 0) is 31.2 Å². The van der Waals surface area contributed by atoms with E-state index in [1.165, 1.54) is 11.3 Å². The van der Waals surface area contributed by atoms with Crippen LogP contribution in [-0.2, 0) is 27.3 Å². The Kier molecular flexibility index (Phi) is 6.96.